The van der Waals surface area contributed by atoms with Crippen LogP contribution >= 0.6 is 15.9 Å². The Hall–Kier alpha value is -1.61. The van der Waals surface area contributed by atoms with E-state index in [-0.39, 0.29) is 5.78 Å². The summed E-state index contributed by atoms with van der Waals surface area (Å²) in [4.78, 5) is 12.2. The van der Waals surface area contributed by atoms with Gasteiger partial charge in [0.05, 0.1) is 5.56 Å². The SMILES string of the molecule is Nc1cccc(Br)c1C(=O)c1ccccc1. The summed E-state index contributed by atoms with van der Waals surface area (Å²) in [6.45, 7) is 0. The van der Waals surface area contributed by atoms with E-state index in [0.29, 0.717) is 16.8 Å². The number of carbonyl (C=O) groups is 1. The zero-order chi connectivity index (χ0) is 11.5. The lowest BCUT2D eigenvalue weighted by atomic mass is 10.0. The van der Waals surface area contributed by atoms with Crippen LogP contribution in [-0.4, -0.2) is 5.78 Å². The Labute approximate surface area is 102 Å². The first-order chi connectivity index (χ1) is 7.70. The number of benzene rings is 2. The number of anilines is 1. The van der Waals surface area contributed by atoms with Gasteiger partial charge in [-0.1, -0.05) is 36.4 Å². The fraction of sp³-hybridized carbons (Fsp3) is 0. The Kier molecular flexibility index (Phi) is 3.06. The first-order valence-electron chi connectivity index (χ1n) is 4.84. The van der Waals surface area contributed by atoms with E-state index in [1.807, 2.05) is 24.3 Å². The summed E-state index contributed by atoms with van der Waals surface area (Å²) in [7, 11) is 0. The molecule has 0 aliphatic heterocycles. The maximum Gasteiger partial charge on any atom is 0.196 e. The lowest BCUT2D eigenvalue weighted by Crippen LogP contribution is -2.06. The van der Waals surface area contributed by atoms with Gasteiger partial charge in [0.15, 0.2) is 5.78 Å². The second kappa shape index (κ2) is 4.49. The smallest absolute Gasteiger partial charge is 0.196 e. The molecule has 0 amide bonds. The van der Waals surface area contributed by atoms with Crippen LogP contribution in [0, 0.1) is 0 Å². The van der Waals surface area contributed by atoms with Crippen molar-refractivity contribution in [2.75, 3.05) is 5.73 Å². The molecule has 0 unspecified atom stereocenters. The van der Waals surface area contributed by atoms with Crippen LogP contribution in [0.25, 0.3) is 0 Å². The van der Waals surface area contributed by atoms with Crippen molar-refractivity contribution in [1.82, 2.24) is 0 Å². The molecule has 2 N–H and O–H groups in total. The number of hydrogen-bond acceptors (Lipinski definition) is 2. The summed E-state index contributed by atoms with van der Waals surface area (Å²) in [5.41, 5.74) is 7.46. The quantitative estimate of drug-likeness (QED) is 0.675. The Morgan fingerprint density at radius 3 is 2.31 bits per heavy atom. The number of nitrogen functional groups attached to an aromatic ring is 1. The highest BCUT2D eigenvalue weighted by molar-refractivity contribution is 9.10. The average Bonchev–Trinajstić information content (AvgIpc) is 2.30. The lowest BCUT2D eigenvalue weighted by molar-refractivity contribution is 0.103. The third-order valence-corrected chi connectivity index (χ3v) is 2.97. The molecule has 2 aromatic carbocycles. The maximum absolute atomic E-state index is 12.2. The Morgan fingerprint density at radius 1 is 1.00 bits per heavy atom. The monoisotopic (exact) mass is 275 g/mol. The standard InChI is InChI=1S/C13H10BrNO/c14-10-7-4-8-11(15)12(10)13(16)9-5-2-1-3-6-9/h1-8H,15H2. The van der Waals surface area contributed by atoms with E-state index in [0.717, 1.165) is 4.47 Å². The molecule has 0 spiro atoms. The fourth-order valence-corrected chi connectivity index (χ4v) is 2.08. The summed E-state index contributed by atoms with van der Waals surface area (Å²) >= 11 is 3.34. The molecular weight excluding hydrogens is 266 g/mol. The van der Waals surface area contributed by atoms with Crippen LogP contribution < -0.4 is 5.73 Å². The minimum Gasteiger partial charge on any atom is -0.398 e. The fourth-order valence-electron chi connectivity index (χ4n) is 1.51. The first kappa shape index (κ1) is 10.9. The number of nitrogens with two attached hydrogens (primary N) is 1. The maximum atomic E-state index is 12.2. The van der Waals surface area contributed by atoms with Crippen LogP contribution in [0.1, 0.15) is 15.9 Å². The van der Waals surface area contributed by atoms with Crippen molar-refractivity contribution in [2.24, 2.45) is 0 Å². The second-order valence-electron chi connectivity index (χ2n) is 3.40. The molecule has 80 valence electrons. The topological polar surface area (TPSA) is 43.1 Å². The van der Waals surface area contributed by atoms with E-state index >= 15 is 0 Å². The third-order valence-electron chi connectivity index (χ3n) is 2.31. The molecule has 0 aliphatic carbocycles. The number of hydrogen-bond donors (Lipinski definition) is 1. The molecule has 0 saturated carbocycles. The highest BCUT2D eigenvalue weighted by Gasteiger charge is 2.14. The summed E-state index contributed by atoms with van der Waals surface area (Å²) < 4.78 is 0.723. The van der Waals surface area contributed by atoms with Gasteiger partial charge >= 0.3 is 0 Å². The van der Waals surface area contributed by atoms with Crippen molar-refractivity contribution < 1.29 is 4.79 Å². The lowest BCUT2D eigenvalue weighted by Gasteiger charge is -2.06. The number of ketones is 1. The number of carbonyl (C=O) groups excluding carboxylic acids is 1. The van der Waals surface area contributed by atoms with Gasteiger partial charge in [0.1, 0.15) is 0 Å². The number of halogens is 1. The summed E-state index contributed by atoms with van der Waals surface area (Å²) in [5.74, 6) is -0.0643. The van der Waals surface area contributed by atoms with Crippen molar-refractivity contribution in [3.63, 3.8) is 0 Å². The van der Waals surface area contributed by atoms with E-state index in [9.17, 15) is 4.79 Å². The van der Waals surface area contributed by atoms with Gasteiger partial charge in [-0.15, -0.1) is 0 Å². The first-order valence-corrected chi connectivity index (χ1v) is 5.63. The van der Waals surface area contributed by atoms with Crippen molar-refractivity contribution >= 4 is 27.4 Å². The van der Waals surface area contributed by atoms with E-state index in [1.54, 1.807) is 24.3 Å². The van der Waals surface area contributed by atoms with E-state index in [2.05, 4.69) is 15.9 Å². The zero-order valence-electron chi connectivity index (χ0n) is 8.48. The van der Waals surface area contributed by atoms with E-state index in [1.165, 1.54) is 0 Å². The molecule has 3 heteroatoms. The predicted octanol–water partition coefficient (Wildman–Crippen LogP) is 3.26. The summed E-state index contributed by atoms with van der Waals surface area (Å²) in [5, 5.41) is 0. The molecule has 2 nitrogen and oxygen atoms in total. The van der Waals surface area contributed by atoms with Gasteiger partial charge in [-0.3, -0.25) is 4.79 Å². The van der Waals surface area contributed by atoms with Crippen LogP contribution in [0.15, 0.2) is 53.0 Å². The van der Waals surface area contributed by atoms with E-state index in [4.69, 9.17) is 5.73 Å². The molecule has 2 rings (SSSR count). The minimum atomic E-state index is -0.0643. The van der Waals surface area contributed by atoms with Crippen LogP contribution in [0.3, 0.4) is 0 Å². The zero-order valence-corrected chi connectivity index (χ0v) is 10.1. The third kappa shape index (κ3) is 1.99. The van der Waals surface area contributed by atoms with Crippen LogP contribution in [0.2, 0.25) is 0 Å². The van der Waals surface area contributed by atoms with Gasteiger partial charge in [-0.25, -0.2) is 0 Å². The van der Waals surface area contributed by atoms with Crippen LogP contribution in [-0.2, 0) is 0 Å². The summed E-state index contributed by atoms with van der Waals surface area (Å²) in [6.07, 6.45) is 0. The second-order valence-corrected chi connectivity index (χ2v) is 4.25. The van der Waals surface area contributed by atoms with Crippen molar-refractivity contribution in [3.8, 4) is 0 Å². The van der Waals surface area contributed by atoms with Gasteiger partial charge in [0.2, 0.25) is 0 Å². The Bertz CT molecular complexity index is 502. The largest absolute Gasteiger partial charge is 0.398 e. The van der Waals surface area contributed by atoms with Gasteiger partial charge in [-0.2, -0.15) is 0 Å². The Morgan fingerprint density at radius 2 is 1.69 bits per heavy atom. The molecule has 2 aromatic rings. The molecule has 16 heavy (non-hydrogen) atoms. The van der Waals surface area contributed by atoms with Gasteiger partial charge in [0.25, 0.3) is 0 Å². The molecule has 0 aliphatic rings. The highest BCUT2D eigenvalue weighted by Crippen LogP contribution is 2.25. The molecule has 0 heterocycles. The van der Waals surface area contributed by atoms with Gasteiger partial charge < -0.3 is 5.73 Å². The van der Waals surface area contributed by atoms with E-state index < -0.39 is 0 Å². The molecule has 0 atom stereocenters. The molecule has 0 saturated heterocycles. The number of rotatable bonds is 2. The molecule has 0 fully saturated rings. The Balaban J connectivity index is 2.50. The van der Waals surface area contributed by atoms with Crippen LogP contribution in [0.4, 0.5) is 5.69 Å². The molecule has 0 radical (unpaired) electrons. The predicted molar refractivity (Wildman–Crippen MR) is 68.4 cm³/mol. The molecular formula is C13H10BrNO. The minimum absolute atomic E-state index is 0.0643. The highest BCUT2D eigenvalue weighted by atomic mass is 79.9. The van der Waals surface area contributed by atoms with Gasteiger partial charge in [-0.05, 0) is 28.1 Å². The average molecular weight is 276 g/mol. The summed E-state index contributed by atoms with van der Waals surface area (Å²) in [6, 6.07) is 14.4. The molecule has 0 aromatic heterocycles. The van der Waals surface area contributed by atoms with Crippen molar-refractivity contribution in [1.29, 1.82) is 0 Å². The normalized spacial score (nSPS) is 10.1. The molecule has 0 bridgehead atoms. The van der Waals surface area contributed by atoms with Crippen LogP contribution in [0.5, 0.6) is 0 Å². The van der Waals surface area contributed by atoms with Crippen molar-refractivity contribution in [3.05, 3.63) is 64.1 Å². The van der Waals surface area contributed by atoms with Gasteiger partial charge in [0, 0.05) is 15.7 Å². The van der Waals surface area contributed by atoms with Crippen molar-refractivity contribution in [2.45, 2.75) is 0 Å².